The summed E-state index contributed by atoms with van der Waals surface area (Å²) in [5.74, 6) is 0. The van der Waals surface area contributed by atoms with E-state index in [0.29, 0.717) is 13.0 Å². The third-order valence-corrected chi connectivity index (χ3v) is 3.75. The molecule has 0 unspecified atom stereocenters. The van der Waals surface area contributed by atoms with Gasteiger partial charge >= 0.3 is 6.09 Å². The number of aliphatic hydroxyl groups is 1. The highest BCUT2D eigenvalue weighted by molar-refractivity contribution is 5.66. The highest BCUT2D eigenvalue weighted by Gasteiger charge is 2.41. The number of aliphatic hydroxyl groups excluding tert-OH is 1. The Hall–Kier alpha value is -1.55. The predicted molar refractivity (Wildman–Crippen MR) is 68.5 cm³/mol. The molecule has 18 heavy (non-hydrogen) atoms. The van der Waals surface area contributed by atoms with Crippen LogP contribution in [0.2, 0.25) is 0 Å². The molecule has 1 saturated heterocycles. The molecule has 2 rings (SSSR count). The normalized spacial score (nSPS) is 23.9. The molecule has 2 N–H and O–H groups in total. The van der Waals surface area contributed by atoms with Crippen molar-refractivity contribution in [3.05, 3.63) is 35.9 Å². The van der Waals surface area contributed by atoms with E-state index in [-0.39, 0.29) is 6.61 Å². The molecule has 0 spiro atoms. The molecule has 1 aliphatic rings. The van der Waals surface area contributed by atoms with Crippen molar-refractivity contribution < 1.29 is 15.0 Å². The SMILES string of the molecule is O=C(O)N1CCCC[C@@]1(CO)Cc1ccccc1. The monoisotopic (exact) mass is 249 g/mol. The molecular weight excluding hydrogens is 230 g/mol. The Labute approximate surface area is 107 Å². The molecule has 1 amide bonds. The lowest BCUT2D eigenvalue weighted by atomic mass is 9.82. The molecule has 1 aromatic carbocycles. The van der Waals surface area contributed by atoms with Gasteiger partial charge in [0.1, 0.15) is 0 Å². The van der Waals surface area contributed by atoms with Crippen LogP contribution in [0.4, 0.5) is 4.79 Å². The van der Waals surface area contributed by atoms with Crippen LogP contribution in [0.25, 0.3) is 0 Å². The second kappa shape index (κ2) is 5.40. The van der Waals surface area contributed by atoms with Gasteiger partial charge in [-0.15, -0.1) is 0 Å². The Kier molecular flexibility index (Phi) is 3.87. The summed E-state index contributed by atoms with van der Waals surface area (Å²) in [5, 5.41) is 19.0. The van der Waals surface area contributed by atoms with Crippen LogP contribution in [0.3, 0.4) is 0 Å². The van der Waals surface area contributed by atoms with Gasteiger partial charge in [-0.05, 0) is 31.2 Å². The molecule has 4 nitrogen and oxygen atoms in total. The third-order valence-electron chi connectivity index (χ3n) is 3.75. The first-order valence-corrected chi connectivity index (χ1v) is 6.33. The first kappa shape index (κ1) is 12.9. The lowest BCUT2D eigenvalue weighted by Crippen LogP contribution is -2.57. The number of benzene rings is 1. The number of piperidine rings is 1. The first-order chi connectivity index (χ1) is 8.68. The zero-order chi connectivity index (χ0) is 13.0. The molecule has 98 valence electrons. The molecule has 1 atom stereocenters. The average Bonchev–Trinajstić information content (AvgIpc) is 2.40. The second-order valence-corrected chi connectivity index (χ2v) is 4.94. The Balaban J connectivity index is 2.24. The second-order valence-electron chi connectivity index (χ2n) is 4.94. The fourth-order valence-corrected chi connectivity index (χ4v) is 2.77. The standard InChI is InChI=1S/C14H19NO3/c16-11-14(10-12-6-2-1-3-7-12)8-4-5-9-15(14)13(17)18/h1-3,6-7,16H,4-5,8-11H2,(H,17,18)/t14-/m0/s1. The maximum Gasteiger partial charge on any atom is 0.407 e. The summed E-state index contributed by atoms with van der Waals surface area (Å²) < 4.78 is 0. The molecular formula is C14H19NO3. The van der Waals surface area contributed by atoms with Crippen molar-refractivity contribution >= 4 is 6.09 Å². The minimum Gasteiger partial charge on any atom is -0.465 e. The average molecular weight is 249 g/mol. The van der Waals surface area contributed by atoms with Gasteiger partial charge in [-0.3, -0.25) is 0 Å². The van der Waals surface area contributed by atoms with Gasteiger partial charge in [0.15, 0.2) is 0 Å². The lowest BCUT2D eigenvalue weighted by Gasteiger charge is -2.44. The van der Waals surface area contributed by atoms with E-state index < -0.39 is 11.6 Å². The molecule has 0 saturated carbocycles. The number of nitrogens with zero attached hydrogens (tertiary/aromatic N) is 1. The van der Waals surface area contributed by atoms with E-state index in [1.165, 1.54) is 4.90 Å². The topological polar surface area (TPSA) is 60.8 Å². The van der Waals surface area contributed by atoms with Crippen LogP contribution >= 0.6 is 0 Å². The largest absolute Gasteiger partial charge is 0.465 e. The summed E-state index contributed by atoms with van der Waals surface area (Å²) in [6, 6.07) is 9.77. The fraction of sp³-hybridized carbons (Fsp3) is 0.500. The molecule has 1 fully saturated rings. The Morgan fingerprint density at radius 1 is 1.28 bits per heavy atom. The van der Waals surface area contributed by atoms with Gasteiger partial charge in [-0.1, -0.05) is 30.3 Å². The number of hydrogen-bond donors (Lipinski definition) is 2. The highest BCUT2D eigenvalue weighted by atomic mass is 16.4. The number of likely N-dealkylation sites (tertiary alicyclic amines) is 1. The fourth-order valence-electron chi connectivity index (χ4n) is 2.77. The van der Waals surface area contributed by atoms with Crippen molar-refractivity contribution in [3.8, 4) is 0 Å². The summed E-state index contributed by atoms with van der Waals surface area (Å²) in [4.78, 5) is 12.8. The highest BCUT2D eigenvalue weighted by Crippen LogP contribution is 2.31. The molecule has 0 aliphatic carbocycles. The third kappa shape index (κ3) is 2.48. The Morgan fingerprint density at radius 2 is 2.00 bits per heavy atom. The van der Waals surface area contributed by atoms with Crippen LogP contribution in [0.15, 0.2) is 30.3 Å². The molecule has 1 heterocycles. The number of carboxylic acid groups (broad SMARTS) is 1. The smallest absolute Gasteiger partial charge is 0.407 e. The van der Waals surface area contributed by atoms with E-state index in [1.54, 1.807) is 0 Å². The zero-order valence-corrected chi connectivity index (χ0v) is 10.4. The van der Waals surface area contributed by atoms with Crippen molar-refractivity contribution in [3.63, 3.8) is 0 Å². The van der Waals surface area contributed by atoms with E-state index in [9.17, 15) is 15.0 Å². The van der Waals surface area contributed by atoms with Gasteiger partial charge in [-0.2, -0.15) is 0 Å². The quantitative estimate of drug-likeness (QED) is 0.862. The van der Waals surface area contributed by atoms with Crippen molar-refractivity contribution in [1.29, 1.82) is 0 Å². The molecule has 0 aromatic heterocycles. The van der Waals surface area contributed by atoms with Gasteiger partial charge in [-0.25, -0.2) is 4.79 Å². The van der Waals surface area contributed by atoms with Crippen LogP contribution in [-0.2, 0) is 6.42 Å². The maximum absolute atomic E-state index is 11.3. The van der Waals surface area contributed by atoms with Crippen LogP contribution in [0.5, 0.6) is 0 Å². The predicted octanol–water partition coefficient (Wildman–Crippen LogP) is 2.12. The van der Waals surface area contributed by atoms with Gasteiger partial charge in [0.2, 0.25) is 0 Å². The van der Waals surface area contributed by atoms with E-state index >= 15 is 0 Å². The van der Waals surface area contributed by atoms with Crippen molar-refractivity contribution in [2.45, 2.75) is 31.2 Å². The summed E-state index contributed by atoms with van der Waals surface area (Å²) in [6.07, 6.45) is 2.22. The maximum atomic E-state index is 11.3. The Bertz CT molecular complexity index is 407. The van der Waals surface area contributed by atoms with Crippen LogP contribution < -0.4 is 0 Å². The van der Waals surface area contributed by atoms with Crippen LogP contribution in [0.1, 0.15) is 24.8 Å². The molecule has 0 bridgehead atoms. The van der Waals surface area contributed by atoms with Crippen LogP contribution in [-0.4, -0.2) is 39.9 Å². The summed E-state index contributed by atoms with van der Waals surface area (Å²) in [5.41, 5.74) is 0.422. The molecule has 0 radical (unpaired) electrons. The first-order valence-electron chi connectivity index (χ1n) is 6.33. The van der Waals surface area contributed by atoms with Gasteiger partial charge in [0, 0.05) is 6.54 Å². The zero-order valence-electron chi connectivity index (χ0n) is 10.4. The summed E-state index contributed by atoms with van der Waals surface area (Å²) >= 11 is 0. The van der Waals surface area contributed by atoms with Gasteiger partial charge in [0.05, 0.1) is 12.1 Å². The van der Waals surface area contributed by atoms with Crippen molar-refractivity contribution in [1.82, 2.24) is 4.90 Å². The van der Waals surface area contributed by atoms with E-state index in [1.807, 2.05) is 30.3 Å². The number of hydrogen-bond acceptors (Lipinski definition) is 2. The molecule has 1 aliphatic heterocycles. The minimum absolute atomic E-state index is 0.117. The van der Waals surface area contributed by atoms with E-state index in [2.05, 4.69) is 0 Å². The van der Waals surface area contributed by atoms with Crippen LogP contribution in [0, 0.1) is 0 Å². The molecule has 1 aromatic rings. The van der Waals surface area contributed by atoms with Gasteiger partial charge < -0.3 is 15.1 Å². The lowest BCUT2D eigenvalue weighted by molar-refractivity contribution is 0.00794. The van der Waals surface area contributed by atoms with E-state index in [0.717, 1.165) is 24.8 Å². The minimum atomic E-state index is -0.931. The Morgan fingerprint density at radius 3 is 2.61 bits per heavy atom. The number of rotatable bonds is 3. The summed E-state index contributed by atoms with van der Waals surface area (Å²) in [6.45, 7) is 0.400. The van der Waals surface area contributed by atoms with E-state index in [4.69, 9.17) is 0 Å². The summed E-state index contributed by atoms with van der Waals surface area (Å²) in [7, 11) is 0. The van der Waals surface area contributed by atoms with Crippen molar-refractivity contribution in [2.75, 3.05) is 13.2 Å². The van der Waals surface area contributed by atoms with Crippen molar-refractivity contribution in [2.24, 2.45) is 0 Å². The molecule has 4 heteroatoms. The van der Waals surface area contributed by atoms with Gasteiger partial charge in [0.25, 0.3) is 0 Å². The number of amides is 1. The number of carbonyl (C=O) groups is 1.